The zero-order valence-electron chi connectivity index (χ0n) is 16.5. The summed E-state index contributed by atoms with van der Waals surface area (Å²) in [6, 6.07) is 15.1. The Morgan fingerprint density at radius 3 is 2.43 bits per heavy atom. The van der Waals surface area contributed by atoms with Crippen molar-refractivity contribution in [3.8, 4) is 5.75 Å². The van der Waals surface area contributed by atoms with Crippen molar-refractivity contribution in [2.75, 3.05) is 38.7 Å². The van der Waals surface area contributed by atoms with Gasteiger partial charge in [-0.2, -0.15) is 0 Å². The normalized spacial score (nSPS) is 13.3. The van der Waals surface area contributed by atoms with Crippen LogP contribution in [-0.4, -0.2) is 50.5 Å². The lowest BCUT2D eigenvalue weighted by Crippen LogP contribution is -2.35. The second-order valence-electron chi connectivity index (χ2n) is 7.00. The highest BCUT2D eigenvalue weighted by molar-refractivity contribution is 5.94. The van der Waals surface area contributed by atoms with Crippen molar-refractivity contribution in [1.29, 1.82) is 0 Å². The molecule has 1 fully saturated rings. The minimum absolute atomic E-state index is 0.0781. The first-order valence-corrected chi connectivity index (χ1v) is 9.57. The molecule has 0 saturated carbocycles. The summed E-state index contributed by atoms with van der Waals surface area (Å²) in [6.45, 7) is 2.34. The predicted octanol–water partition coefficient (Wildman–Crippen LogP) is 2.68. The molecule has 6 heteroatoms. The van der Waals surface area contributed by atoms with Gasteiger partial charge in [-0.3, -0.25) is 9.59 Å². The van der Waals surface area contributed by atoms with Crippen LogP contribution in [0.25, 0.3) is 0 Å². The van der Waals surface area contributed by atoms with Crippen molar-refractivity contribution in [2.45, 2.75) is 19.4 Å². The van der Waals surface area contributed by atoms with E-state index in [0.717, 1.165) is 42.9 Å². The molecular formula is C22H27N3O3. The lowest BCUT2D eigenvalue weighted by atomic mass is 10.1. The fourth-order valence-electron chi connectivity index (χ4n) is 3.37. The van der Waals surface area contributed by atoms with E-state index >= 15 is 0 Å². The molecule has 148 valence electrons. The summed E-state index contributed by atoms with van der Waals surface area (Å²) in [7, 11) is 3.47. The van der Waals surface area contributed by atoms with E-state index in [0.29, 0.717) is 12.1 Å². The third-order valence-corrected chi connectivity index (χ3v) is 4.96. The zero-order chi connectivity index (χ0) is 19.9. The number of carbonyl (C=O) groups excluding carboxylic acids is 2. The number of amides is 2. The van der Waals surface area contributed by atoms with E-state index in [9.17, 15) is 9.59 Å². The second kappa shape index (κ2) is 9.26. The van der Waals surface area contributed by atoms with E-state index < -0.39 is 0 Å². The summed E-state index contributed by atoms with van der Waals surface area (Å²) in [4.78, 5) is 28.4. The first-order chi connectivity index (χ1) is 13.6. The number of rotatable bonds is 7. The van der Waals surface area contributed by atoms with Gasteiger partial charge < -0.3 is 19.9 Å². The van der Waals surface area contributed by atoms with Crippen LogP contribution in [0.4, 0.5) is 5.69 Å². The van der Waals surface area contributed by atoms with Crippen LogP contribution in [0, 0.1) is 0 Å². The summed E-state index contributed by atoms with van der Waals surface area (Å²) in [5.74, 6) is 0.744. The Morgan fingerprint density at radius 2 is 1.75 bits per heavy atom. The predicted molar refractivity (Wildman–Crippen MR) is 110 cm³/mol. The van der Waals surface area contributed by atoms with Gasteiger partial charge in [-0.25, -0.2) is 0 Å². The van der Waals surface area contributed by atoms with Crippen molar-refractivity contribution in [1.82, 2.24) is 10.2 Å². The highest BCUT2D eigenvalue weighted by atomic mass is 16.5. The number of para-hydroxylation sites is 2. The summed E-state index contributed by atoms with van der Waals surface area (Å²) < 4.78 is 5.34. The molecule has 2 amide bonds. The number of likely N-dealkylation sites (tertiary alicyclic amines) is 1. The van der Waals surface area contributed by atoms with E-state index in [4.69, 9.17) is 4.74 Å². The van der Waals surface area contributed by atoms with Gasteiger partial charge in [0.15, 0.2) is 0 Å². The quantitative estimate of drug-likeness (QED) is 0.801. The number of likely N-dealkylation sites (N-methyl/N-ethyl adjacent to an activating group) is 1. The minimum atomic E-state index is -0.0781. The molecule has 0 spiro atoms. The number of benzene rings is 2. The molecule has 2 aromatic rings. The molecule has 1 aliphatic rings. The molecule has 1 saturated heterocycles. The summed E-state index contributed by atoms with van der Waals surface area (Å²) >= 11 is 0. The maximum atomic E-state index is 12.4. The number of nitrogens with one attached hydrogen (secondary N) is 1. The van der Waals surface area contributed by atoms with Gasteiger partial charge in [0.1, 0.15) is 5.75 Å². The van der Waals surface area contributed by atoms with E-state index in [-0.39, 0.29) is 18.4 Å². The van der Waals surface area contributed by atoms with Gasteiger partial charge in [0.05, 0.1) is 19.3 Å². The van der Waals surface area contributed by atoms with E-state index in [1.54, 1.807) is 7.11 Å². The van der Waals surface area contributed by atoms with Crippen molar-refractivity contribution >= 4 is 17.5 Å². The molecule has 2 aromatic carbocycles. The Morgan fingerprint density at radius 1 is 1.07 bits per heavy atom. The van der Waals surface area contributed by atoms with E-state index in [1.165, 1.54) is 0 Å². The van der Waals surface area contributed by atoms with Crippen molar-refractivity contribution < 1.29 is 14.3 Å². The monoisotopic (exact) mass is 381 g/mol. The Balaban J connectivity index is 1.51. The molecule has 0 aliphatic carbocycles. The van der Waals surface area contributed by atoms with Crippen LogP contribution in [0.1, 0.15) is 28.8 Å². The summed E-state index contributed by atoms with van der Waals surface area (Å²) in [6.07, 6.45) is 2.16. The highest BCUT2D eigenvalue weighted by Gasteiger charge is 2.19. The molecule has 3 rings (SSSR count). The largest absolute Gasteiger partial charge is 0.495 e. The SMILES string of the molecule is COc1ccccc1N(C)CC(=O)NCc1ccc(C(=O)N2CCCC2)cc1. The van der Waals surface area contributed by atoms with Gasteiger partial charge in [0, 0.05) is 32.2 Å². The Bertz CT molecular complexity index is 814. The number of hydrogen-bond acceptors (Lipinski definition) is 4. The Labute approximate surface area is 166 Å². The second-order valence-corrected chi connectivity index (χ2v) is 7.00. The van der Waals surface area contributed by atoms with Crippen LogP contribution >= 0.6 is 0 Å². The lowest BCUT2D eigenvalue weighted by Gasteiger charge is -2.21. The Hall–Kier alpha value is -3.02. The van der Waals surface area contributed by atoms with Gasteiger partial charge in [-0.1, -0.05) is 24.3 Å². The number of anilines is 1. The summed E-state index contributed by atoms with van der Waals surface area (Å²) in [5, 5.41) is 2.92. The van der Waals surface area contributed by atoms with E-state index in [2.05, 4.69) is 5.32 Å². The van der Waals surface area contributed by atoms with Crippen LogP contribution in [-0.2, 0) is 11.3 Å². The van der Waals surface area contributed by atoms with Crippen LogP contribution in [0.2, 0.25) is 0 Å². The average molecular weight is 381 g/mol. The Kier molecular flexibility index (Phi) is 6.53. The maximum Gasteiger partial charge on any atom is 0.253 e. The van der Waals surface area contributed by atoms with Gasteiger partial charge in [-0.05, 0) is 42.7 Å². The van der Waals surface area contributed by atoms with Crippen molar-refractivity contribution in [2.24, 2.45) is 0 Å². The molecule has 6 nitrogen and oxygen atoms in total. The van der Waals surface area contributed by atoms with Gasteiger partial charge in [-0.15, -0.1) is 0 Å². The number of carbonyl (C=O) groups is 2. The molecule has 0 aromatic heterocycles. The molecule has 1 aliphatic heterocycles. The molecule has 28 heavy (non-hydrogen) atoms. The maximum absolute atomic E-state index is 12.4. The molecule has 0 radical (unpaired) electrons. The van der Waals surface area contributed by atoms with Crippen LogP contribution < -0.4 is 15.0 Å². The standard InChI is InChI=1S/C22H27N3O3/c1-24(19-7-3-4-8-20(19)28-2)16-21(26)23-15-17-9-11-18(12-10-17)22(27)25-13-5-6-14-25/h3-4,7-12H,5-6,13-16H2,1-2H3,(H,23,26). The molecule has 0 unspecified atom stereocenters. The topological polar surface area (TPSA) is 61.9 Å². The molecule has 1 heterocycles. The average Bonchev–Trinajstić information content (AvgIpc) is 3.27. The third kappa shape index (κ3) is 4.82. The van der Waals surface area contributed by atoms with Crippen LogP contribution in [0.3, 0.4) is 0 Å². The summed E-state index contributed by atoms with van der Waals surface area (Å²) in [5.41, 5.74) is 2.53. The lowest BCUT2D eigenvalue weighted by molar-refractivity contribution is -0.119. The number of hydrogen-bond donors (Lipinski definition) is 1. The smallest absolute Gasteiger partial charge is 0.253 e. The first kappa shape index (κ1) is 19.7. The number of ether oxygens (including phenoxy) is 1. The molecule has 1 N–H and O–H groups in total. The molecule has 0 bridgehead atoms. The van der Waals surface area contributed by atoms with Crippen LogP contribution in [0.5, 0.6) is 5.75 Å². The fourth-order valence-corrected chi connectivity index (χ4v) is 3.37. The number of nitrogens with zero attached hydrogens (tertiary/aromatic N) is 2. The van der Waals surface area contributed by atoms with Crippen LogP contribution in [0.15, 0.2) is 48.5 Å². The highest BCUT2D eigenvalue weighted by Crippen LogP contribution is 2.26. The molecule has 0 atom stereocenters. The number of methoxy groups -OCH3 is 1. The fraction of sp³-hybridized carbons (Fsp3) is 0.364. The minimum Gasteiger partial charge on any atom is -0.495 e. The zero-order valence-corrected chi connectivity index (χ0v) is 16.5. The van der Waals surface area contributed by atoms with E-state index in [1.807, 2.05) is 65.4 Å². The van der Waals surface area contributed by atoms with Gasteiger partial charge in [0.25, 0.3) is 5.91 Å². The first-order valence-electron chi connectivity index (χ1n) is 9.57. The molecular weight excluding hydrogens is 354 g/mol. The van der Waals surface area contributed by atoms with Gasteiger partial charge >= 0.3 is 0 Å². The van der Waals surface area contributed by atoms with Gasteiger partial charge in [0.2, 0.25) is 5.91 Å². The van der Waals surface area contributed by atoms with Crippen molar-refractivity contribution in [3.63, 3.8) is 0 Å². The third-order valence-electron chi connectivity index (χ3n) is 4.96. The van der Waals surface area contributed by atoms with Crippen molar-refractivity contribution in [3.05, 3.63) is 59.7 Å².